The second-order valence-electron chi connectivity index (χ2n) is 6.57. The number of rotatable bonds is 5. The van der Waals surface area contributed by atoms with Gasteiger partial charge >= 0.3 is 0 Å². The van der Waals surface area contributed by atoms with Gasteiger partial charge in [-0.2, -0.15) is 0 Å². The van der Waals surface area contributed by atoms with Crippen LogP contribution in [0.15, 0.2) is 80.5 Å². The molecule has 4 rings (SSSR count). The first kappa shape index (κ1) is 20.1. The Labute approximate surface area is 186 Å². The van der Waals surface area contributed by atoms with Gasteiger partial charge < -0.3 is 9.73 Å². The van der Waals surface area contributed by atoms with Crippen molar-refractivity contribution in [1.29, 1.82) is 0 Å². The van der Waals surface area contributed by atoms with E-state index in [0.717, 1.165) is 42.3 Å². The molecule has 0 unspecified atom stereocenters. The fourth-order valence-electron chi connectivity index (χ4n) is 3.07. The molecule has 1 heterocycles. The quantitative estimate of drug-likeness (QED) is 0.294. The molecular weight excluding hydrogens is 470 g/mol. The maximum atomic E-state index is 12.9. The van der Waals surface area contributed by atoms with E-state index >= 15 is 0 Å². The van der Waals surface area contributed by atoms with E-state index in [9.17, 15) is 4.79 Å². The van der Waals surface area contributed by atoms with Crippen molar-refractivity contribution in [3.8, 4) is 0 Å². The number of benzene rings is 3. The molecular formula is C23H17BrClNO2S. The molecule has 0 bridgehead atoms. The molecule has 0 radical (unpaired) electrons. The van der Waals surface area contributed by atoms with Crippen LogP contribution < -0.4 is 5.32 Å². The highest BCUT2D eigenvalue weighted by molar-refractivity contribution is 9.10. The molecule has 3 nitrogen and oxygen atoms in total. The molecule has 4 aromatic rings. The summed E-state index contributed by atoms with van der Waals surface area (Å²) in [5.74, 6) is 0.823. The fraction of sp³-hybridized carbons (Fsp3) is 0.0870. The van der Waals surface area contributed by atoms with Crippen LogP contribution in [0.4, 0.5) is 5.69 Å². The Kier molecular flexibility index (Phi) is 5.99. The van der Waals surface area contributed by atoms with Crippen molar-refractivity contribution in [2.24, 2.45) is 0 Å². The van der Waals surface area contributed by atoms with Gasteiger partial charge in [0.2, 0.25) is 0 Å². The minimum atomic E-state index is -0.259. The van der Waals surface area contributed by atoms with Crippen molar-refractivity contribution >= 4 is 61.9 Å². The molecule has 146 valence electrons. The van der Waals surface area contributed by atoms with Crippen LogP contribution in [0.3, 0.4) is 0 Å². The number of hydrogen-bond acceptors (Lipinski definition) is 3. The van der Waals surface area contributed by atoms with Gasteiger partial charge in [-0.1, -0.05) is 51.8 Å². The van der Waals surface area contributed by atoms with E-state index in [4.69, 9.17) is 16.0 Å². The summed E-state index contributed by atoms with van der Waals surface area (Å²) in [7, 11) is 0. The lowest BCUT2D eigenvalue weighted by Crippen LogP contribution is -2.12. The maximum absolute atomic E-state index is 12.9. The van der Waals surface area contributed by atoms with Crippen LogP contribution in [-0.4, -0.2) is 5.91 Å². The van der Waals surface area contributed by atoms with Gasteiger partial charge in [0.1, 0.15) is 5.58 Å². The third-order valence-corrected chi connectivity index (χ3v) is 6.40. The predicted octanol–water partition coefficient (Wildman–Crippen LogP) is 7.70. The van der Waals surface area contributed by atoms with Crippen LogP contribution in [0, 0.1) is 6.92 Å². The molecule has 0 saturated heterocycles. The number of amides is 1. The van der Waals surface area contributed by atoms with Crippen molar-refractivity contribution in [1.82, 2.24) is 0 Å². The minimum absolute atomic E-state index is 0.259. The second kappa shape index (κ2) is 8.66. The van der Waals surface area contributed by atoms with Crippen LogP contribution in [0.2, 0.25) is 5.02 Å². The number of anilines is 1. The summed E-state index contributed by atoms with van der Waals surface area (Å²) in [6.45, 7) is 1.90. The maximum Gasteiger partial charge on any atom is 0.291 e. The number of fused-ring (bicyclic) bond motifs is 1. The number of para-hydroxylation sites is 1. The largest absolute Gasteiger partial charge is 0.451 e. The lowest BCUT2D eigenvalue weighted by molar-refractivity contribution is 0.0997. The molecule has 0 atom stereocenters. The zero-order valence-corrected chi connectivity index (χ0v) is 18.7. The third-order valence-electron chi connectivity index (χ3n) is 4.52. The van der Waals surface area contributed by atoms with Crippen molar-refractivity contribution < 1.29 is 9.21 Å². The highest BCUT2D eigenvalue weighted by Gasteiger charge is 2.19. The Bertz CT molecular complexity index is 1200. The number of hydrogen-bond donors (Lipinski definition) is 1. The Morgan fingerprint density at radius 1 is 1.10 bits per heavy atom. The molecule has 0 aliphatic heterocycles. The number of carbonyl (C=O) groups excluding carboxylic acids is 1. The van der Waals surface area contributed by atoms with Gasteiger partial charge in [0.15, 0.2) is 5.76 Å². The van der Waals surface area contributed by atoms with Crippen LogP contribution in [0.1, 0.15) is 21.7 Å². The second-order valence-corrected chi connectivity index (χ2v) is 8.93. The predicted molar refractivity (Wildman–Crippen MR) is 124 cm³/mol. The molecule has 0 saturated carbocycles. The Morgan fingerprint density at radius 2 is 1.93 bits per heavy atom. The van der Waals surface area contributed by atoms with E-state index in [2.05, 4.69) is 21.2 Å². The van der Waals surface area contributed by atoms with Crippen LogP contribution in [-0.2, 0) is 5.75 Å². The average molecular weight is 487 g/mol. The Morgan fingerprint density at radius 3 is 2.76 bits per heavy atom. The van der Waals surface area contributed by atoms with Gasteiger partial charge in [0, 0.05) is 31.1 Å². The summed E-state index contributed by atoms with van der Waals surface area (Å²) < 4.78 is 6.76. The van der Waals surface area contributed by atoms with Crippen molar-refractivity contribution in [2.75, 3.05) is 5.32 Å². The van der Waals surface area contributed by atoms with E-state index in [1.54, 1.807) is 11.8 Å². The SMILES string of the molecule is Cc1c(C(=O)Nc2ccccc2SCc2cccc(Cl)c2)oc2ccc(Br)cc12. The number of carbonyl (C=O) groups is 1. The molecule has 0 aliphatic rings. The summed E-state index contributed by atoms with van der Waals surface area (Å²) in [5.41, 5.74) is 3.40. The van der Waals surface area contributed by atoms with Gasteiger partial charge in [0.05, 0.1) is 5.69 Å². The first-order valence-corrected chi connectivity index (χ1v) is 11.1. The molecule has 1 N–H and O–H groups in total. The normalized spacial score (nSPS) is 11.0. The van der Waals surface area contributed by atoms with Crippen molar-refractivity contribution in [3.05, 3.63) is 93.1 Å². The molecule has 1 aromatic heterocycles. The van der Waals surface area contributed by atoms with E-state index in [1.807, 2.05) is 73.7 Å². The van der Waals surface area contributed by atoms with Crippen LogP contribution in [0.5, 0.6) is 0 Å². The molecule has 3 aromatic carbocycles. The van der Waals surface area contributed by atoms with Gasteiger partial charge in [-0.05, 0) is 55.0 Å². The molecule has 0 fully saturated rings. The van der Waals surface area contributed by atoms with Gasteiger partial charge in [-0.15, -0.1) is 11.8 Å². The van der Waals surface area contributed by atoms with E-state index in [1.165, 1.54) is 0 Å². The van der Waals surface area contributed by atoms with Crippen LogP contribution in [0.25, 0.3) is 11.0 Å². The smallest absolute Gasteiger partial charge is 0.291 e. The number of halogens is 2. The van der Waals surface area contributed by atoms with E-state index < -0.39 is 0 Å². The lowest BCUT2D eigenvalue weighted by Gasteiger charge is -2.10. The topological polar surface area (TPSA) is 42.2 Å². The van der Waals surface area contributed by atoms with Gasteiger partial charge in [-0.25, -0.2) is 0 Å². The molecule has 0 aliphatic carbocycles. The molecule has 6 heteroatoms. The number of nitrogens with one attached hydrogen (secondary N) is 1. The standard InChI is InChI=1S/C23H17BrClNO2S/c1-14-18-12-16(24)9-10-20(18)28-22(14)23(27)26-19-7-2-3-8-21(19)29-13-15-5-4-6-17(25)11-15/h2-12H,13H2,1H3,(H,26,27). The molecule has 0 spiro atoms. The minimum Gasteiger partial charge on any atom is -0.451 e. The monoisotopic (exact) mass is 485 g/mol. The summed E-state index contributed by atoms with van der Waals surface area (Å²) in [6.07, 6.45) is 0. The van der Waals surface area contributed by atoms with E-state index in [0.29, 0.717) is 11.3 Å². The molecule has 1 amide bonds. The first-order valence-electron chi connectivity index (χ1n) is 8.97. The Balaban J connectivity index is 1.55. The summed E-state index contributed by atoms with van der Waals surface area (Å²) in [4.78, 5) is 13.9. The van der Waals surface area contributed by atoms with Crippen LogP contribution >= 0.6 is 39.3 Å². The van der Waals surface area contributed by atoms with E-state index in [-0.39, 0.29) is 5.91 Å². The van der Waals surface area contributed by atoms with Gasteiger partial charge in [-0.3, -0.25) is 4.79 Å². The fourth-order valence-corrected chi connectivity index (χ4v) is 4.60. The highest BCUT2D eigenvalue weighted by atomic mass is 79.9. The Hall–Kier alpha value is -2.21. The number of furan rings is 1. The summed E-state index contributed by atoms with van der Waals surface area (Å²) in [5, 5.41) is 4.64. The summed E-state index contributed by atoms with van der Waals surface area (Å²) >= 11 is 11.2. The average Bonchev–Trinajstić information content (AvgIpc) is 3.03. The van der Waals surface area contributed by atoms with Crippen molar-refractivity contribution in [2.45, 2.75) is 17.6 Å². The zero-order chi connectivity index (χ0) is 20.4. The highest BCUT2D eigenvalue weighted by Crippen LogP contribution is 2.32. The van der Waals surface area contributed by atoms with Crippen molar-refractivity contribution in [3.63, 3.8) is 0 Å². The summed E-state index contributed by atoms with van der Waals surface area (Å²) in [6, 6.07) is 21.3. The third kappa shape index (κ3) is 4.53. The zero-order valence-electron chi connectivity index (χ0n) is 15.5. The van der Waals surface area contributed by atoms with Gasteiger partial charge in [0.25, 0.3) is 5.91 Å². The molecule has 29 heavy (non-hydrogen) atoms. The first-order chi connectivity index (χ1) is 14.0. The lowest BCUT2D eigenvalue weighted by atomic mass is 10.1. The number of thioether (sulfide) groups is 1. The number of aryl methyl sites for hydroxylation is 1.